The second kappa shape index (κ2) is 5.29. The SMILES string of the molecule is CC1=C(C)CSC(C(=O)c2ccc3ccccc3c2)=C1. The van der Waals surface area contributed by atoms with Crippen molar-refractivity contribution < 1.29 is 4.79 Å². The molecule has 2 heteroatoms. The molecule has 1 nitrogen and oxygen atoms in total. The molecule has 1 aliphatic rings. The molecule has 2 aromatic rings. The first-order valence-electron chi connectivity index (χ1n) is 6.69. The van der Waals surface area contributed by atoms with E-state index < -0.39 is 0 Å². The van der Waals surface area contributed by atoms with Crippen LogP contribution in [0.25, 0.3) is 10.8 Å². The van der Waals surface area contributed by atoms with Gasteiger partial charge in [-0.3, -0.25) is 4.79 Å². The summed E-state index contributed by atoms with van der Waals surface area (Å²) in [6.07, 6.45) is 2.01. The Morgan fingerprint density at radius 3 is 2.55 bits per heavy atom. The van der Waals surface area contributed by atoms with E-state index in [1.54, 1.807) is 11.8 Å². The van der Waals surface area contributed by atoms with Crippen molar-refractivity contribution in [3.8, 4) is 0 Å². The molecular weight excluding hydrogens is 264 g/mol. The van der Waals surface area contributed by atoms with Crippen LogP contribution in [0, 0.1) is 0 Å². The Morgan fingerprint density at radius 1 is 1.05 bits per heavy atom. The molecule has 100 valence electrons. The van der Waals surface area contributed by atoms with Gasteiger partial charge in [0.2, 0.25) is 0 Å². The van der Waals surface area contributed by atoms with Crippen LogP contribution < -0.4 is 0 Å². The maximum Gasteiger partial charge on any atom is 0.199 e. The van der Waals surface area contributed by atoms with E-state index in [1.807, 2.05) is 42.5 Å². The van der Waals surface area contributed by atoms with Crippen molar-refractivity contribution in [3.63, 3.8) is 0 Å². The number of hydrogen-bond acceptors (Lipinski definition) is 2. The molecule has 0 bridgehead atoms. The van der Waals surface area contributed by atoms with E-state index >= 15 is 0 Å². The lowest BCUT2D eigenvalue weighted by Crippen LogP contribution is -2.05. The Balaban J connectivity index is 1.99. The van der Waals surface area contributed by atoms with Crippen LogP contribution in [-0.4, -0.2) is 11.5 Å². The maximum absolute atomic E-state index is 12.6. The lowest BCUT2D eigenvalue weighted by Gasteiger charge is -2.14. The van der Waals surface area contributed by atoms with Gasteiger partial charge in [0.15, 0.2) is 5.78 Å². The predicted molar refractivity (Wildman–Crippen MR) is 87.2 cm³/mol. The van der Waals surface area contributed by atoms with Gasteiger partial charge in [-0.05, 0) is 36.8 Å². The Hall–Kier alpha value is -1.80. The highest BCUT2D eigenvalue weighted by Crippen LogP contribution is 2.31. The van der Waals surface area contributed by atoms with Crippen LogP contribution in [0.15, 0.2) is 64.6 Å². The van der Waals surface area contributed by atoms with Crippen LogP contribution in [0.1, 0.15) is 24.2 Å². The summed E-state index contributed by atoms with van der Waals surface area (Å²) < 4.78 is 0. The molecule has 3 rings (SSSR count). The fourth-order valence-electron chi connectivity index (χ4n) is 2.27. The third kappa shape index (κ3) is 2.44. The number of fused-ring (bicyclic) bond motifs is 1. The van der Waals surface area contributed by atoms with Crippen LogP contribution >= 0.6 is 11.8 Å². The first-order valence-corrected chi connectivity index (χ1v) is 7.68. The van der Waals surface area contributed by atoms with E-state index in [4.69, 9.17) is 0 Å². The van der Waals surface area contributed by atoms with Crippen LogP contribution in [-0.2, 0) is 0 Å². The maximum atomic E-state index is 12.6. The summed E-state index contributed by atoms with van der Waals surface area (Å²) in [5.41, 5.74) is 3.34. The van der Waals surface area contributed by atoms with Crippen molar-refractivity contribution in [2.24, 2.45) is 0 Å². The van der Waals surface area contributed by atoms with Gasteiger partial charge in [-0.2, -0.15) is 0 Å². The van der Waals surface area contributed by atoms with E-state index in [9.17, 15) is 4.79 Å². The van der Waals surface area contributed by atoms with E-state index in [2.05, 4.69) is 19.9 Å². The van der Waals surface area contributed by atoms with Crippen LogP contribution in [0.4, 0.5) is 0 Å². The number of Topliss-reactive ketones (excluding diaryl/α,β-unsaturated/α-hetero) is 1. The zero-order chi connectivity index (χ0) is 14.1. The van der Waals surface area contributed by atoms with Gasteiger partial charge >= 0.3 is 0 Å². The zero-order valence-electron chi connectivity index (χ0n) is 11.6. The molecule has 0 spiro atoms. The fraction of sp³-hybridized carbons (Fsp3) is 0.167. The number of benzene rings is 2. The number of allylic oxidation sites excluding steroid dienone is 3. The van der Waals surface area contributed by atoms with Gasteiger partial charge in [-0.25, -0.2) is 0 Å². The molecular formula is C18H16OS. The van der Waals surface area contributed by atoms with Crippen molar-refractivity contribution in [2.75, 3.05) is 5.75 Å². The number of hydrogen-bond donors (Lipinski definition) is 0. The Bertz CT molecular complexity index is 753. The van der Waals surface area contributed by atoms with Crippen LogP contribution in [0.3, 0.4) is 0 Å². The van der Waals surface area contributed by atoms with Gasteiger partial charge in [0.05, 0.1) is 4.91 Å². The highest BCUT2D eigenvalue weighted by Gasteiger charge is 2.17. The smallest absolute Gasteiger partial charge is 0.199 e. The second-order valence-corrected chi connectivity index (χ2v) is 6.17. The largest absolute Gasteiger partial charge is 0.288 e. The average Bonchev–Trinajstić information content (AvgIpc) is 2.49. The van der Waals surface area contributed by atoms with Gasteiger partial charge in [0, 0.05) is 11.3 Å². The molecule has 20 heavy (non-hydrogen) atoms. The lowest BCUT2D eigenvalue weighted by atomic mass is 10.0. The van der Waals surface area contributed by atoms with E-state index in [1.165, 1.54) is 16.5 Å². The summed E-state index contributed by atoms with van der Waals surface area (Å²) in [7, 11) is 0. The molecule has 0 fully saturated rings. The van der Waals surface area contributed by atoms with Crippen molar-refractivity contribution in [2.45, 2.75) is 13.8 Å². The van der Waals surface area contributed by atoms with Crippen LogP contribution in [0.5, 0.6) is 0 Å². The van der Waals surface area contributed by atoms with Crippen molar-refractivity contribution in [1.82, 2.24) is 0 Å². The minimum absolute atomic E-state index is 0.132. The van der Waals surface area contributed by atoms with Gasteiger partial charge in [0.25, 0.3) is 0 Å². The topological polar surface area (TPSA) is 17.1 Å². The minimum atomic E-state index is 0.132. The Labute approximate surface area is 123 Å². The minimum Gasteiger partial charge on any atom is -0.288 e. The van der Waals surface area contributed by atoms with Gasteiger partial charge in [-0.15, -0.1) is 11.8 Å². The third-order valence-corrected chi connectivity index (χ3v) is 4.89. The summed E-state index contributed by atoms with van der Waals surface area (Å²) in [5, 5.41) is 2.28. The molecule has 2 aromatic carbocycles. The molecule has 0 aromatic heterocycles. The lowest BCUT2D eigenvalue weighted by molar-refractivity contribution is 0.104. The number of carbonyl (C=O) groups is 1. The third-order valence-electron chi connectivity index (χ3n) is 3.70. The second-order valence-electron chi connectivity index (χ2n) is 5.15. The zero-order valence-corrected chi connectivity index (χ0v) is 12.5. The summed E-state index contributed by atoms with van der Waals surface area (Å²) in [6.45, 7) is 4.19. The van der Waals surface area contributed by atoms with Gasteiger partial charge in [0.1, 0.15) is 0 Å². The molecule has 1 heterocycles. The highest BCUT2D eigenvalue weighted by molar-refractivity contribution is 8.04. The number of ketones is 1. The molecule has 0 aliphatic carbocycles. The highest BCUT2D eigenvalue weighted by atomic mass is 32.2. The summed E-state index contributed by atoms with van der Waals surface area (Å²) in [6, 6.07) is 14.1. The van der Waals surface area contributed by atoms with Crippen molar-refractivity contribution in [3.05, 3.63) is 70.2 Å². The monoisotopic (exact) mass is 280 g/mol. The molecule has 0 radical (unpaired) electrons. The molecule has 0 saturated carbocycles. The average molecular weight is 280 g/mol. The molecule has 1 aliphatic heterocycles. The first kappa shape index (κ1) is 13.2. The predicted octanol–water partition coefficient (Wildman–Crippen LogP) is 4.99. The summed E-state index contributed by atoms with van der Waals surface area (Å²) in [5.74, 6) is 1.05. The Morgan fingerprint density at radius 2 is 1.80 bits per heavy atom. The molecule has 0 amide bonds. The van der Waals surface area contributed by atoms with E-state index in [0.29, 0.717) is 0 Å². The van der Waals surface area contributed by atoms with Crippen LogP contribution in [0.2, 0.25) is 0 Å². The molecule has 0 saturated heterocycles. The quantitative estimate of drug-likeness (QED) is 0.721. The van der Waals surface area contributed by atoms with Crippen molar-refractivity contribution in [1.29, 1.82) is 0 Å². The molecule has 0 unspecified atom stereocenters. The molecule has 0 N–H and O–H groups in total. The van der Waals surface area contributed by atoms with Gasteiger partial charge in [-0.1, -0.05) is 47.5 Å². The first-order chi connectivity index (χ1) is 9.65. The summed E-state index contributed by atoms with van der Waals surface area (Å²) in [4.78, 5) is 13.4. The van der Waals surface area contributed by atoms with Crippen molar-refractivity contribution >= 4 is 28.3 Å². The molecule has 0 atom stereocenters. The van der Waals surface area contributed by atoms with Gasteiger partial charge < -0.3 is 0 Å². The fourth-order valence-corrected chi connectivity index (χ4v) is 3.37. The normalized spacial score (nSPS) is 15.4. The Kier molecular flexibility index (Phi) is 3.49. The standard InChI is InChI=1S/C18H16OS/c1-12-9-17(20-11-13(12)2)18(19)16-8-7-14-5-3-4-6-15(14)10-16/h3-10H,11H2,1-2H3. The van der Waals surface area contributed by atoms with E-state index in [0.717, 1.165) is 21.6 Å². The number of thioether (sulfide) groups is 1. The number of rotatable bonds is 2. The van der Waals surface area contributed by atoms with E-state index in [-0.39, 0.29) is 5.78 Å². The number of carbonyl (C=O) groups excluding carboxylic acids is 1. The summed E-state index contributed by atoms with van der Waals surface area (Å²) >= 11 is 1.64.